The molecule has 0 amide bonds. The van der Waals surface area contributed by atoms with Crippen LogP contribution in [-0.2, 0) is 10.7 Å². The SMILES string of the molecule is O=[SH](=O)c1cc(Cl)ccc1Br. The molecule has 2 nitrogen and oxygen atoms in total. The molecule has 0 saturated carbocycles. The number of hydrogen-bond donors (Lipinski definition) is 1. The van der Waals surface area contributed by atoms with Crippen molar-refractivity contribution in [3.63, 3.8) is 0 Å². The van der Waals surface area contributed by atoms with Crippen molar-refractivity contribution in [3.8, 4) is 0 Å². The third kappa shape index (κ3) is 2.18. The van der Waals surface area contributed by atoms with Gasteiger partial charge in [0.2, 0.25) is 0 Å². The molecule has 0 saturated heterocycles. The fraction of sp³-hybridized carbons (Fsp3) is 0. The highest BCUT2D eigenvalue weighted by atomic mass is 79.9. The molecule has 0 aromatic heterocycles. The number of hydrogen-bond acceptors (Lipinski definition) is 2. The lowest BCUT2D eigenvalue weighted by molar-refractivity contribution is 0.614. The molecule has 60 valence electrons. The predicted molar refractivity (Wildman–Crippen MR) is 47.7 cm³/mol. The van der Waals surface area contributed by atoms with E-state index in [9.17, 15) is 8.42 Å². The van der Waals surface area contributed by atoms with Crippen LogP contribution in [0.1, 0.15) is 0 Å². The lowest BCUT2D eigenvalue weighted by Crippen LogP contribution is -1.81. The Morgan fingerprint density at radius 3 is 2.45 bits per heavy atom. The molecular formula is C6H4BrClO2S. The van der Waals surface area contributed by atoms with Crippen molar-refractivity contribution < 1.29 is 8.42 Å². The van der Waals surface area contributed by atoms with Crippen LogP contribution in [-0.4, -0.2) is 8.42 Å². The Hall–Kier alpha value is -0.0600. The van der Waals surface area contributed by atoms with Crippen molar-refractivity contribution in [2.75, 3.05) is 0 Å². The van der Waals surface area contributed by atoms with E-state index in [1.165, 1.54) is 6.07 Å². The molecule has 0 fully saturated rings. The Kier molecular flexibility index (Phi) is 2.92. The molecule has 0 radical (unpaired) electrons. The van der Waals surface area contributed by atoms with Crippen LogP contribution in [0.4, 0.5) is 0 Å². The van der Waals surface area contributed by atoms with E-state index in [0.717, 1.165) is 0 Å². The molecule has 0 atom stereocenters. The van der Waals surface area contributed by atoms with Crippen LogP contribution >= 0.6 is 27.5 Å². The van der Waals surface area contributed by atoms with Crippen LogP contribution in [0.5, 0.6) is 0 Å². The minimum Gasteiger partial charge on any atom is -0.227 e. The highest BCUT2D eigenvalue weighted by Crippen LogP contribution is 2.21. The second-order valence-electron chi connectivity index (χ2n) is 1.85. The molecule has 1 aromatic carbocycles. The molecule has 0 aliphatic rings. The fourth-order valence-electron chi connectivity index (χ4n) is 0.626. The molecule has 1 aromatic rings. The average Bonchev–Trinajstić information content (AvgIpc) is 1.94. The Balaban J connectivity index is 3.35. The third-order valence-corrected chi connectivity index (χ3v) is 3.10. The molecule has 0 N–H and O–H groups in total. The number of halogens is 2. The highest BCUT2D eigenvalue weighted by Gasteiger charge is 2.01. The number of thiol groups is 1. The van der Waals surface area contributed by atoms with Crippen LogP contribution in [0.2, 0.25) is 5.02 Å². The molecule has 0 spiro atoms. The number of rotatable bonds is 1. The van der Waals surface area contributed by atoms with Gasteiger partial charge in [0.25, 0.3) is 0 Å². The third-order valence-electron chi connectivity index (χ3n) is 1.10. The summed E-state index contributed by atoms with van der Waals surface area (Å²) < 4.78 is 21.6. The molecule has 5 heteroatoms. The minimum absolute atomic E-state index is 0.215. The van der Waals surface area contributed by atoms with Crippen molar-refractivity contribution in [2.45, 2.75) is 4.90 Å². The maximum Gasteiger partial charge on any atom is 0.169 e. The monoisotopic (exact) mass is 254 g/mol. The highest BCUT2D eigenvalue weighted by molar-refractivity contribution is 9.10. The van der Waals surface area contributed by atoms with Crippen LogP contribution in [0.3, 0.4) is 0 Å². The van der Waals surface area contributed by atoms with Crippen LogP contribution in [0, 0.1) is 0 Å². The van der Waals surface area contributed by atoms with E-state index in [1.807, 2.05) is 0 Å². The number of benzene rings is 1. The Morgan fingerprint density at radius 2 is 2.00 bits per heavy atom. The van der Waals surface area contributed by atoms with Crippen molar-refractivity contribution >= 4 is 38.2 Å². The zero-order chi connectivity index (χ0) is 8.43. The van der Waals surface area contributed by atoms with Gasteiger partial charge in [0.15, 0.2) is 10.7 Å². The van der Waals surface area contributed by atoms with Crippen molar-refractivity contribution in [1.29, 1.82) is 0 Å². The first-order valence-electron chi connectivity index (χ1n) is 2.70. The van der Waals surface area contributed by atoms with E-state index < -0.39 is 10.7 Å². The van der Waals surface area contributed by atoms with E-state index in [4.69, 9.17) is 11.6 Å². The maximum atomic E-state index is 10.5. The molecule has 0 aliphatic heterocycles. The second-order valence-corrected chi connectivity index (χ2v) is 4.14. The summed E-state index contributed by atoms with van der Waals surface area (Å²) in [5, 5.41) is 0.419. The molecule has 11 heavy (non-hydrogen) atoms. The Morgan fingerprint density at radius 1 is 1.36 bits per heavy atom. The first kappa shape index (κ1) is 9.03. The van der Waals surface area contributed by atoms with Gasteiger partial charge in [-0.15, -0.1) is 0 Å². The summed E-state index contributed by atoms with van der Waals surface area (Å²) in [7, 11) is -2.56. The Bertz CT molecular complexity index is 340. The summed E-state index contributed by atoms with van der Waals surface area (Å²) in [5.74, 6) is 0. The minimum atomic E-state index is -2.56. The molecular weight excluding hydrogens is 251 g/mol. The standard InChI is InChI=1S/C6H4BrClO2S/c7-5-2-1-4(8)3-6(5)11(9)10/h1-3,11H. The normalized spacial score (nSPS) is 10.5. The smallest absolute Gasteiger partial charge is 0.169 e. The van der Waals surface area contributed by atoms with Gasteiger partial charge in [0.05, 0.1) is 4.90 Å². The zero-order valence-corrected chi connectivity index (χ0v) is 8.49. The lowest BCUT2D eigenvalue weighted by Gasteiger charge is -1.95. The van der Waals surface area contributed by atoms with Crippen LogP contribution < -0.4 is 0 Å². The van der Waals surface area contributed by atoms with Gasteiger partial charge >= 0.3 is 0 Å². The van der Waals surface area contributed by atoms with Gasteiger partial charge in [-0.2, -0.15) is 0 Å². The van der Waals surface area contributed by atoms with Crippen molar-refractivity contribution in [1.82, 2.24) is 0 Å². The zero-order valence-electron chi connectivity index (χ0n) is 5.25. The van der Waals surface area contributed by atoms with Gasteiger partial charge in [-0.1, -0.05) is 11.6 Å². The van der Waals surface area contributed by atoms with Gasteiger partial charge in [0, 0.05) is 9.50 Å². The van der Waals surface area contributed by atoms with E-state index in [2.05, 4.69) is 15.9 Å². The van der Waals surface area contributed by atoms with E-state index in [1.54, 1.807) is 12.1 Å². The van der Waals surface area contributed by atoms with Crippen LogP contribution in [0.25, 0.3) is 0 Å². The van der Waals surface area contributed by atoms with Gasteiger partial charge in [-0.25, -0.2) is 8.42 Å². The molecule has 1 rings (SSSR count). The first-order valence-corrected chi connectivity index (χ1v) is 5.05. The summed E-state index contributed by atoms with van der Waals surface area (Å²) in [6, 6.07) is 4.62. The summed E-state index contributed by atoms with van der Waals surface area (Å²) in [5.41, 5.74) is 0. The molecule has 0 unspecified atom stereocenters. The molecule has 0 bridgehead atoms. The van der Waals surface area contributed by atoms with Crippen LogP contribution in [0.15, 0.2) is 27.6 Å². The average molecular weight is 256 g/mol. The van der Waals surface area contributed by atoms with E-state index >= 15 is 0 Å². The van der Waals surface area contributed by atoms with Gasteiger partial charge < -0.3 is 0 Å². The fourth-order valence-corrected chi connectivity index (χ4v) is 2.05. The van der Waals surface area contributed by atoms with Gasteiger partial charge in [-0.05, 0) is 34.1 Å². The summed E-state index contributed by atoms with van der Waals surface area (Å²) in [6.45, 7) is 0. The van der Waals surface area contributed by atoms with Gasteiger partial charge in [0.1, 0.15) is 0 Å². The maximum absolute atomic E-state index is 10.5. The summed E-state index contributed by atoms with van der Waals surface area (Å²) in [4.78, 5) is 0.215. The predicted octanol–water partition coefficient (Wildman–Crippen LogP) is 2.07. The summed E-state index contributed by atoms with van der Waals surface area (Å²) in [6.07, 6.45) is 0. The largest absolute Gasteiger partial charge is 0.227 e. The first-order chi connectivity index (χ1) is 5.11. The lowest BCUT2D eigenvalue weighted by atomic mass is 10.4. The van der Waals surface area contributed by atoms with Gasteiger partial charge in [-0.3, -0.25) is 0 Å². The molecule has 0 aliphatic carbocycles. The Labute approximate surface area is 79.3 Å². The summed E-state index contributed by atoms with van der Waals surface area (Å²) >= 11 is 8.66. The molecule has 0 heterocycles. The topological polar surface area (TPSA) is 34.1 Å². The quantitative estimate of drug-likeness (QED) is 0.780. The van der Waals surface area contributed by atoms with Crippen molar-refractivity contribution in [3.05, 3.63) is 27.7 Å². The van der Waals surface area contributed by atoms with E-state index in [-0.39, 0.29) is 4.90 Å². The van der Waals surface area contributed by atoms with E-state index in [0.29, 0.717) is 9.50 Å². The van der Waals surface area contributed by atoms with Crippen molar-refractivity contribution in [2.24, 2.45) is 0 Å². The second kappa shape index (κ2) is 3.56.